The molecule has 8 heterocycles. The van der Waals surface area contributed by atoms with Crippen LogP contribution in [-0.4, -0.2) is 168 Å². The van der Waals surface area contributed by atoms with E-state index in [-0.39, 0.29) is 100 Å². The third-order valence-corrected chi connectivity index (χ3v) is 20.9. The second-order valence-corrected chi connectivity index (χ2v) is 30.8. The van der Waals surface area contributed by atoms with Gasteiger partial charge < -0.3 is 95.7 Å². The summed E-state index contributed by atoms with van der Waals surface area (Å²) in [5.41, 5.74) is 2.50. The number of rotatable bonds is 23. The number of nitrogens with zero attached hydrogens (tertiary/aromatic N) is 5. The fraction of sp³-hybridized carbons (Fsp3) is 0.405. The summed E-state index contributed by atoms with van der Waals surface area (Å²) in [4.78, 5) is 113. The number of carboxylic acid groups (broad SMARTS) is 1. The van der Waals surface area contributed by atoms with Gasteiger partial charge in [-0.25, -0.2) is 19.2 Å². The molecule has 8 aromatic rings. The number of hydrogen-bond acceptors (Lipinski definition) is 24. The first-order valence-electron chi connectivity index (χ1n) is 37.6. The van der Waals surface area contributed by atoms with Gasteiger partial charge in [0.05, 0.1) is 108 Å². The van der Waals surface area contributed by atoms with Gasteiger partial charge in [-0.2, -0.15) is 0 Å². The van der Waals surface area contributed by atoms with Crippen LogP contribution in [0.2, 0.25) is 20.1 Å². The zero-order valence-electron chi connectivity index (χ0n) is 67.0. The van der Waals surface area contributed by atoms with Crippen molar-refractivity contribution in [3.63, 3.8) is 0 Å². The quantitative estimate of drug-likeness (QED) is 0.00879. The van der Waals surface area contributed by atoms with Gasteiger partial charge in [0.2, 0.25) is 0 Å². The first-order valence-corrected chi connectivity index (χ1v) is 40.2. The molecule has 0 saturated carbocycles. The average Bonchev–Trinajstić information content (AvgIpc) is 1.56. The molecule has 118 heavy (non-hydrogen) atoms. The van der Waals surface area contributed by atoms with Crippen LogP contribution >= 0.6 is 62.3 Å². The molecular weight excluding hydrogens is 1680 g/mol. The van der Waals surface area contributed by atoms with Crippen LogP contribution in [0.15, 0.2) is 122 Å². The molecule has 12 rings (SSSR count). The summed E-state index contributed by atoms with van der Waals surface area (Å²) < 4.78 is 62.4. The lowest BCUT2D eigenvalue weighted by atomic mass is 10.0. The Morgan fingerprint density at radius 1 is 0.466 bits per heavy atom. The van der Waals surface area contributed by atoms with Crippen LogP contribution in [0.4, 0.5) is 0 Å². The number of phenolic OH excluding ortho intramolecular Hbond substituents is 1. The number of aldehydes is 1. The maximum absolute atomic E-state index is 12.6. The highest BCUT2D eigenvalue weighted by Gasteiger charge is 2.34. The zero-order chi connectivity index (χ0) is 86.5. The smallest absolute Gasteiger partial charge is 0.343 e. The van der Waals surface area contributed by atoms with E-state index >= 15 is 0 Å². The summed E-state index contributed by atoms with van der Waals surface area (Å²) in [6, 6.07) is 18.1. The van der Waals surface area contributed by atoms with E-state index in [9.17, 15) is 53.4 Å². The fourth-order valence-corrected chi connectivity index (χ4v) is 13.9. The number of halogens is 5. The number of methoxy groups -OCH3 is 3. The van der Waals surface area contributed by atoms with Gasteiger partial charge in [0.25, 0.3) is 0 Å². The molecule has 4 aromatic carbocycles. The van der Waals surface area contributed by atoms with Gasteiger partial charge in [0, 0.05) is 140 Å². The lowest BCUT2D eigenvalue weighted by Gasteiger charge is -2.24. The SMILES string of the molecule is CO/N=C/CCOc1cc2c(cc1Cl)-c1cc(=O)c(C(=O)O)cn1[C@H](C(C)C)CO2.COC(=O)c1cn2c(cc1=O)-c1cc(Cl)c(O)cc1OC[C@H]2C(C)C.COC(=O)c1cn2c(cc1=O)-c1cc(Cl)c(OCCC=O)cc1OC[C@H]2C(C)C.COC(=O)c1cn2c(cc1=O)-c1cc(Cl)c(OCCCO)cc1OC[C@H]2C(C)C.OCCCBr. The van der Waals surface area contributed by atoms with Crippen molar-refractivity contribution >= 4 is 98.7 Å². The van der Waals surface area contributed by atoms with Gasteiger partial charge in [0.15, 0.2) is 21.7 Å². The van der Waals surface area contributed by atoms with E-state index in [0.717, 1.165) is 18.0 Å². The van der Waals surface area contributed by atoms with Crippen molar-refractivity contribution in [2.45, 2.75) is 105 Å². The second-order valence-electron chi connectivity index (χ2n) is 28.4. The van der Waals surface area contributed by atoms with Crippen molar-refractivity contribution in [2.75, 3.05) is 93.2 Å². The van der Waals surface area contributed by atoms with Crippen LogP contribution in [0, 0.1) is 23.7 Å². The Bertz CT molecular complexity index is 5230. The van der Waals surface area contributed by atoms with E-state index in [0.29, 0.717) is 159 Å². The van der Waals surface area contributed by atoms with Crippen molar-refractivity contribution in [3.05, 3.63) is 181 Å². The number of aromatic hydroxyl groups is 1. The molecule has 0 bridgehead atoms. The van der Waals surface area contributed by atoms with Gasteiger partial charge in [-0.15, -0.1) is 0 Å². The summed E-state index contributed by atoms with van der Waals surface area (Å²) in [6.07, 6.45) is 10.4. The Balaban J connectivity index is 0.000000192. The molecule has 634 valence electrons. The van der Waals surface area contributed by atoms with Crippen LogP contribution in [0.5, 0.6) is 46.0 Å². The minimum Gasteiger partial charge on any atom is -0.506 e. The standard InChI is InChI=1S/C21H23ClN2O6.C21H24ClNO6.C21H22ClNO6.C18H18ClNO5.C3H7BrO/c1-12(2)17-11-30-19-9-20(29-6-4-5-23-28-3)15(22)7-13(19)16-8-18(25)14(21(26)27)10-24(16)17;2*1-12(2)17-11-29-19-9-20(28-6-4-5-24)15(22)7-13(19)16-8-18(25)14(10-23(16)17)21(26)27-3;1-9(2)14-8-25-17-6-16(22)12(19)4-10(17)13-5-15(21)11(7-20(13)14)18(23)24-3;4-2-1-3-5/h5,7-10,12,17H,4,6,11H2,1-3H3,(H,26,27);7-10,12,17,24H,4-6,11H2,1-3H3;5,7-10,12,17H,4,6,11H2,1-3H3;4-7,9,14,22H,8H2,1-3H3;5H,1-3H2/b23-5+;;;;/t3*17-;14-;/m0000./s1. The first-order chi connectivity index (χ1) is 56.3. The number of aliphatic hydroxyl groups excluding tert-OH is 2. The third-order valence-electron chi connectivity index (χ3n) is 19.2. The Hall–Kier alpha value is -10.3. The number of phenols is 1. The minimum absolute atomic E-state index is 0.0218. The Labute approximate surface area is 708 Å². The molecule has 0 radical (unpaired) electrons. The average molecular weight is 1780 g/mol. The fourth-order valence-electron chi connectivity index (χ4n) is 12.8. The number of carbonyl (C=O) groups excluding carboxylic acids is 4. The van der Waals surface area contributed by atoms with Crippen LogP contribution in [0.1, 0.15) is 147 Å². The number of carbonyl (C=O) groups is 5. The second kappa shape index (κ2) is 43.4. The number of aromatic nitrogens is 4. The predicted octanol–water partition coefficient (Wildman–Crippen LogP) is 14.7. The summed E-state index contributed by atoms with van der Waals surface area (Å²) in [6.45, 7) is 18.7. The van der Waals surface area contributed by atoms with Gasteiger partial charge in [0.1, 0.15) is 108 Å². The number of aromatic carboxylic acids is 1. The molecule has 0 fully saturated rings. The minimum atomic E-state index is -1.26. The topological polar surface area (TPSA) is 368 Å². The molecule has 4 atom stereocenters. The van der Waals surface area contributed by atoms with E-state index in [1.165, 1.54) is 83.6 Å². The van der Waals surface area contributed by atoms with Gasteiger partial charge in [-0.1, -0.05) is 123 Å². The highest BCUT2D eigenvalue weighted by Crippen LogP contribution is 2.47. The number of fused-ring (bicyclic) bond motifs is 12. The molecule has 0 aliphatic carbocycles. The number of benzene rings is 4. The first kappa shape index (κ1) is 93.2. The third kappa shape index (κ3) is 22.5. The van der Waals surface area contributed by atoms with Gasteiger partial charge >= 0.3 is 23.9 Å². The lowest BCUT2D eigenvalue weighted by molar-refractivity contribution is -0.108. The van der Waals surface area contributed by atoms with Crippen LogP contribution in [0.25, 0.3) is 45.0 Å². The Morgan fingerprint density at radius 2 is 0.771 bits per heavy atom. The number of oxime groups is 1. The number of carboxylic acids is 1. The number of hydrogen-bond donors (Lipinski definition) is 4. The van der Waals surface area contributed by atoms with Crippen molar-refractivity contribution in [1.29, 1.82) is 0 Å². The highest BCUT2D eigenvalue weighted by molar-refractivity contribution is 9.09. The summed E-state index contributed by atoms with van der Waals surface area (Å²) >= 11 is 28.4. The maximum atomic E-state index is 12.6. The largest absolute Gasteiger partial charge is 0.506 e. The number of alkyl halides is 1. The zero-order valence-corrected chi connectivity index (χ0v) is 71.6. The normalized spacial score (nSPS) is 15.0. The van der Waals surface area contributed by atoms with Crippen LogP contribution in [-0.2, 0) is 23.8 Å². The molecule has 34 heteroatoms. The number of pyridine rings is 4. The lowest BCUT2D eigenvalue weighted by Crippen LogP contribution is -2.26. The van der Waals surface area contributed by atoms with Crippen molar-refractivity contribution in [1.82, 2.24) is 18.3 Å². The number of esters is 3. The van der Waals surface area contributed by atoms with Crippen LogP contribution < -0.4 is 54.9 Å². The highest BCUT2D eigenvalue weighted by atomic mass is 79.9. The van der Waals surface area contributed by atoms with E-state index < -0.39 is 45.6 Å². The van der Waals surface area contributed by atoms with E-state index in [2.05, 4.69) is 25.9 Å². The van der Waals surface area contributed by atoms with E-state index in [1.807, 2.05) is 69.1 Å². The molecule has 29 nitrogen and oxygen atoms in total. The molecule has 0 spiro atoms. The predicted molar refractivity (Wildman–Crippen MR) is 449 cm³/mol. The Kier molecular flexibility index (Phi) is 34.3. The summed E-state index contributed by atoms with van der Waals surface area (Å²) in [7, 11) is 5.18. The summed E-state index contributed by atoms with van der Waals surface area (Å²) in [5.74, 6) is 0.524. The van der Waals surface area contributed by atoms with E-state index in [1.54, 1.807) is 53.2 Å². The molecule has 4 aromatic heterocycles. The Morgan fingerprint density at radius 3 is 1.06 bits per heavy atom. The molecular formula is C84H94BrCl4N5O24. The molecule has 0 unspecified atom stereocenters. The van der Waals surface area contributed by atoms with Crippen molar-refractivity contribution in [3.8, 4) is 91.0 Å². The van der Waals surface area contributed by atoms with Crippen LogP contribution in [0.3, 0.4) is 0 Å². The van der Waals surface area contributed by atoms with Crippen molar-refractivity contribution < 1.29 is 96.6 Å². The molecule has 4 N–H and O–H groups in total. The monoisotopic (exact) mass is 1780 g/mol. The van der Waals surface area contributed by atoms with Gasteiger partial charge in [-0.05, 0) is 54.4 Å². The number of aliphatic hydroxyl groups is 2. The van der Waals surface area contributed by atoms with Gasteiger partial charge in [-0.3, -0.25) is 19.2 Å². The molecule has 0 amide bonds. The summed E-state index contributed by atoms with van der Waals surface area (Å²) in [5, 5.41) is 42.0. The molecule has 4 aliphatic heterocycles. The van der Waals surface area contributed by atoms with Crippen molar-refractivity contribution in [2.24, 2.45) is 28.8 Å². The number of ether oxygens (including phenoxy) is 10. The maximum Gasteiger partial charge on any atom is 0.343 e. The van der Waals surface area contributed by atoms with E-state index in [4.69, 9.17) is 104 Å². The molecule has 4 aliphatic rings. The molecule has 0 saturated heterocycles.